The van der Waals surface area contributed by atoms with E-state index in [2.05, 4.69) is 0 Å². The van der Waals surface area contributed by atoms with E-state index in [1.54, 1.807) is 19.0 Å². The van der Waals surface area contributed by atoms with Gasteiger partial charge in [0, 0.05) is 19.1 Å². The summed E-state index contributed by atoms with van der Waals surface area (Å²) in [6, 6.07) is 7.61. The van der Waals surface area contributed by atoms with Gasteiger partial charge in [0.05, 0.1) is 18.7 Å². The number of amides is 2. The third-order valence-corrected chi connectivity index (χ3v) is 3.79. The Bertz CT molecular complexity index is 502. The summed E-state index contributed by atoms with van der Waals surface area (Å²) in [5.74, 6) is 0. The molecule has 0 saturated carbocycles. The molecule has 5 heteroatoms. The summed E-state index contributed by atoms with van der Waals surface area (Å²) >= 11 is 6.03. The molecule has 2 rings (SSSR count). The van der Waals surface area contributed by atoms with Crippen molar-refractivity contribution in [3.8, 4) is 0 Å². The Morgan fingerprint density at radius 1 is 1.45 bits per heavy atom. The van der Waals surface area contributed by atoms with E-state index in [-0.39, 0.29) is 17.7 Å². The molecule has 1 saturated heterocycles. The zero-order valence-electron chi connectivity index (χ0n) is 12.4. The number of hydrogen-bond acceptors (Lipinski definition) is 2. The molecule has 110 valence electrons. The summed E-state index contributed by atoms with van der Waals surface area (Å²) < 4.78 is 5.92. The molecular formula is C15H21ClN2O2. The van der Waals surface area contributed by atoms with Crippen LogP contribution in [0.4, 0.5) is 4.79 Å². The molecule has 1 aromatic rings. The Kier molecular flexibility index (Phi) is 4.25. The molecule has 4 nitrogen and oxygen atoms in total. The van der Waals surface area contributed by atoms with Crippen LogP contribution >= 0.6 is 11.6 Å². The van der Waals surface area contributed by atoms with Gasteiger partial charge in [-0.2, -0.15) is 0 Å². The van der Waals surface area contributed by atoms with E-state index in [9.17, 15) is 4.79 Å². The first-order chi connectivity index (χ1) is 9.31. The van der Waals surface area contributed by atoms with Gasteiger partial charge in [-0.25, -0.2) is 4.79 Å². The van der Waals surface area contributed by atoms with E-state index < -0.39 is 0 Å². The molecular weight excluding hydrogens is 276 g/mol. The fraction of sp³-hybridized carbons (Fsp3) is 0.533. The molecule has 1 unspecified atom stereocenters. The molecule has 0 radical (unpaired) electrons. The van der Waals surface area contributed by atoms with Crippen LogP contribution in [0.15, 0.2) is 24.3 Å². The molecule has 1 fully saturated rings. The van der Waals surface area contributed by atoms with E-state index >= 15 is 0 Å². The highest BCUT2D eigenvalue weighted by atomic mass is 35.5. The van der Waals surface area contributed by atoms with Crippen molar-refractivity contribution in [3.05, 3.63) is 34.9 Å². The highest BCUT2D eigenvalue weighted by Gasteiger charge is 2.39. The second-order valence-corrected chi connectivity index (χ2v) is 6.39. The van der Waals surface area contributed by atoms with Gasteiger partial charge in [0.2, 0.25) is 0 Å². The molecule has 1 atom stereocenters. The summed E-state index contributed by atoms with van der Waals surface area (Å²) in [6.07, 6.45) is -0.134. The van der Waals surface area contributed by atoms with Gasteiger partial charge in [-0.15, -0.1) is 0 Å². The highest BCUT2D eigenvalue weighted by Crippen LogP contribution is 2.31. The maximum atomic E-state index is 12.3. The minimum Gasteiger partial charge on any atom is -0.369 e. The van der Waals surface area contributed by atoms with E-state index in [0.717, 1.165) is 5.56 Å². The van der Waals surface area contributed by atoms with E-state index in [4.69, 9.17) is 16.3 Å². The van der Waals surface area contributed by atoms with Crippen molar-refractivity contribution in [2.75, 3.05) is 27.2 Å². The van der Waals surface area contributed by atoms with E-state index in [1.807, 2.05) is 43.0 Å². The lowest BCUT2D eigenvalue weighted by Crippen LogP contribution is -2.58. The first-order valence-corrected chi connectivity index (χ1v) is 7.05. The van der Waals surface area contributed by atoms with Crippen molar-refractivity contribution in [2.45, 2.75) is 25.5 Å². The number of rotatable bonds is 1. The van der Waals surface area contributed by atoms with Crippen LogP contribution in [0.25, 0.3) is 0 Å². The molecule has 1 aliphatic heterocycles. The number of nitrogens with zero attached hydrogens (tertiary/aromatic N) is 2. The molecule has 1 aliphatic rings. The lowest BCUT2D eigenvalue weighted by Gasteiger charge is -2.46. The maximum absolute atomic E-state index is 12.3. The second-order valence-electron chi connectivity index (χ2n) is 5.95. The van der Waals surface area contributed by atoms with Gasteiger partial charge in [-0.1, -0.05) is 23.7 Å². The molecule has 1 aromatic carbocycles. The number of morpholine rings is 1. The van der Waals surface area contributed by atoms with Crippen LogP contribution in [-0.4, -0.2) is 48.6 Å². The van der Waals surface area contributed by atoms with Gasteiger partial charge in [0.25, 0.3) is 0 Å². The predicted molar refractivity (Wildman–Crippen MR) is 80.0 cm³/mol. The lowest BCUT2D eigenvalue weighted by molar-refractivity contribution is -0.0836. The average Bonchev–Trinajstić information content (AvgIpc) is 2.37. The summed E-state index contributed by atoms with van der Waals surface area (Å²) in [4.78, 5) is 15.8. The normalized spacial score (nSPS) is 21.6. The second kappa shape index (κ2) is 5.62. The van der Waals surface area contributed by atoms with Gasteiger partial charge < -0.3 is 14.5 Å². The SMILES string of the molecule is CN(C)C(=O)N1CC(c2cccc(Cl)c2)OCC1(C)C. The van der Waals surface area contributed by atoms with Crippen LogP contribution < -0.4 is 0 Å². The molecule has 0 aromatic heterocycles. The minimum absolute atomic E-state index is 0.00493. The van der Waals surface area contributed by atoms with Crippen LogP contribution in [0, 0.1) is 0 Å². The Morgan fingerprint density at radius 2 is 2.15 bits per heavy atom. The summed E-state index contributed by atoms with van der Waals surface area (Å²) in [6.45, 7) is 5.07. The fourth-order valence-corrected chi connectivity index (χ4v) is 2.53. The highest BCUT2D eigenvalue weighted by molar-refractivity contribution is 6.30. The van der Waals surface area contributed by atoms with Crippen LogP contribution in [0.2, 0.25) is 5.02 Å². The Labute approximate surface area is 125 Å². The standard InChI is InChI=1S/C15H21ClN2O2/c1-15(2)10-20-13(9-18(15)14(19)17(3)4)11-6-5-7-12(16)8-11/h5-8,13H,9-10H2,1-4H3. The molecule has 0 N–H and O–H groups in total. The van der Waals surface area contributed by atoms with Gasteiger partial charge >= 0.3 is 6.03 Å². The average molecular weight is 297 g/mol. The predicted octanol–water partition coefficient (Wildman–Crippen LogP) is 3.17. The van der Waals surface area contributed by atoms with Crippen LogP contribution in [0.5, 0.6) is 0 Å². The largest absolute Gasteiger partial charge is 0.369 e. The topological polar surface area (TPSA) is 32.8 Å². The van der Waals surface area contributed by atoms with Crippen molar-refractivity contribution < 1.29 is 9.53 Å². The van der Waals surface area contributed by atoms with Gasteiger partial charge in [-0.05, 0) is 31.5 Å². The number of carbonyl (C=O) groups is 1. The monoisotopic (exact) mass is 296 g/mol. The number of benzene rings is 1. The Balaban J connectivity index is 2.22. The number of carbonyl (C=O) groups excluding carboxylic acids is 1. The molecule has 0 bridgehead atoms. The summed E-state index contributed by atoms with van der Waals surface area (Å²) in [7, 11) is 3.53. The molecule has 20 heavy (non-hydrogen) atoms. The van der Waals surface area contributed by atoms with Crippen molar-refractivity contribution >= 4 is 17.6 Å². The van der Waals surface area contributed by atoms with Crippen LogP contribution in [-0.2, 0) is 4.74 Å². The van der Waals surface area contributed by atoms with Crippen LogP contribution in [0.1, 0.15) is 25.5 Å². The third-order valence-electron chi connectivity index (χ3n) is 3.55. The maximum Gasteiger partial charge on any atom is 0.320 e. The van der Waals surface area contributed by atoms with Crippen molar-refractivity contribution in [3.63, 3.8) is 0 Å². The summed E-state index contributed by atoms with van der Waals surface area (Å²) in [5.41, 5.74) is 0.695. The number of urea groups is 1. The van der Waals surface area contributed by atoms with E-state index in [1.165, 1.54) is 0 Å². The lowest BCUT2D eigenvalue weighted by atomic mass is 9.98. The Hall–Kier alpha value is -1.26. The zero-order chi connectivity index (χ0) is 14.9. The first-order valence-electron chi connectivity index (χ1n) is 6.67. The third kappa shape index (κ3) is 3.07. The number of ether oxygens (including phenoxy) is 1. The Morgan fingerprint density at radius 3 is 2.75 bits per heavy atom. The van der Waals surface area contributed by atoms with Crippen molar-refractivity contribution in [1.29, 1.82) is 0 Å². The van der Waals surface area contributed by atoms with Gasteiger partial charge in [-0.3, -0.25) is 0 Å². The summed E-state index contributed by atoms with van der Waals surface area (Å²) in [5, 5.41) is 0.682. The number of halogens is 1. The quantitative estimate of drug-likeness (QED) is 0.797. The van der Waals surface area contributed by atoms with Crippen molar-refractivity contribution in [1.82, 2.24) is 9.80 Å². The molecule has 0 spiro atoms. The minimum atomic E-state index is -0.309. The molecule has 2 amide bonds. The molecule has 0 aliphatic carbocycles. The zero-order valence-corrected chi connectivity index (χ0v) is 13.1. The molecule has 1 heterocycles. The fourth-order valence-electron chi connectivity index (χ4n) is 2.34. The first kappa shape index (κ1) is 15.1. The number of hydrogen-bond donors (Lipinski definition) is 0. The van der Waals surface area contributed by atoms with Crippen molar-refractivity contribution in [2.24, 2.45) is 0 Å². The smallest absolute Gasteiger partial charge is 0.320 e. The van der Waals surface area contributed by atoms with Gasteiger partial charge in [0.15, 0.2) is 0 Å². The van der Waals surface area contributed by atoms with E-state index in [0.29, 0.717) is 18.2 Å². The van der Waals surface area contributed by atoms with Gasteiger partial charge in [0.1, 0.15) is 6.10 Å². The van der Waals surface area contributed by atoms with Crippen LogP contribution in [0.3, 0.4) is 0 Å².